The van der Waals surface area contributed by atoms with Gasteiger partial charge in [0.05, 0.1) is 57.5 Å². The average Bonchev–Trinajstić information content (AvgIpc) is 4.18. The number of hydrogen-bond donors (Lipinski definition) is 5. The fourth-order valence-electron chi connectivity index (χ4n) is 11.8. The van der Waals surface area contributed by atoms with Crippen LogP contribution in [0.15, 0.2) is 66.3 Å². The Morgan fingerprint density at radius 2 is 1.65 bits per heavy atom. The number of hydrogen-bond acceptors (Lipinski definition) is 14. The molecule has 0 spiro atoms. The van der Waals surface area contributed by atoms with E-state index in [1.807, 2.05) is 64.1 Å². The number of carbonyl (C=O) groups is 4. The number of amides is 4. The van der Waals surface area contributed by atoms with Crippen molar-refractivity contribution in [1.29, 1.82) is 5.26 Å². The van der Waals surface area contributed by atoms with Gasteiger partial charge in [-0.05, 0) is 73.0 Å². The molecule has 19 heteroatoms. The Morgan fingerprint density at radius 1 is 0.947 bits per heavy atom. The lowest BCUT2D eigenvalue weighted by molar-refractivity contribution is -0.164. The summed E-state index contributed by atoms with van der Waals surface area (Å²) in [5.41, 5.74) is 3.82. The maximum atomic E-state index is 14.3. The summed E-state index contributed by atoms with van der Waals surface area (Å²) in [6.45, 7) is 21.4. The third kappa shape index (κ3) is 12.5. The number of nitriles is 1. The number of halogens is 1. The lowest BCUT2D eigenvalue weighted by Gasteiger charge is -2.63. The van der Waals surface area contributed by atoms with Crippen LogP contribution in [-0.2, 0) is 14.4 Å². The predicted molar refractivity (Wildman–Crippen MR) is 289 cm³/mol. The summed E-state index contributed by atoms with van der Waals surface area (Å²) in [4.78, 5) is 73.6. The van der Waals surface area contributed by atoms with Crippen LogP contribution < -0.4 is 25.6 Å². The topological polar surface area (TPSA) is 217 Å². The number of aromatic nitrogens is 2. The number of aliphatic hydroxyl groups excluding tert-OH is 2. The number of carbonyl (C=O) groups excluding carboxylic acids is 4. The number of piperazine rings is 1. The minimum Gasteiger partial charge on any atom is -0.489 e. The van der Waals surface area contributed by atoms with Crippen molar-refractivity contribution in [1.82, 2.24) is 40.6 Å². The molecule has 0 bridgehead atoms. The second kappa shape index (κ2) is 22.9. The molecule has 4 amide bonds. The molecule has 75 heavy (non-hydrogen) atoms. The number of benzene rings is 2. The molecule has 4 aromatic rings. The zero-order valence-corrected chi connectivity index (χ0v) is 46.0. The first-order valence-corrected chi connectivity index (χ1v) is 27.4. The fourth-order valence-corrected chi connectivity index (χ4v) is 12.8. The van der Waals surface area contributed by atoms with E-state index in [9.17, 15) is 34.7 Å². The molecule has 5 heterocycles. The number of anilines is 1. The van der Waals surface area contributed by atoms with Gasteiger partial charge in [0.15, 0.2) is 0 Å². The highest BCUT2D eigenvalue weighted by molar-refractivity contribution is 7.13. The Bertz CT molecular complexity index is 2720. The summed E-state index contributed by atoms with van der Waals surface area (Å²) in [5.74, 6) is 0.556. The van der Waals surface area contributed by atoms with Crippen molar-refractivity contribution in [3.63, 3.8) is 0 Å². The Morgan fingerprint density at radius 3 is 2.27 bits per heavy atom. The van der Waals surface area contributed by atoms with Gasteiger partial charge in [-0.25, -0.2) is 9.97 Å². The monoisotopic (exact) mass is 1060 g/mol. The van der Waals surface area contributed by atoms with Gasteiger partial charge in [-0.15, -0.1) is 11.3 Å². The summed E-state index contributed by atoms with van der Waals surface area (Å²) in [6, 6.07) is 15.6. The van der Waals surface area contributed by atoms with E-state index in [0.29, 0.717) is 46.5 Å². The van der Waals surface area contributed by atoms with Crippen LogP contribution in [0.4, 0.5) is 5.82 Å². The molecule has 2 aromatic heterocycles. The molecular formula is C56H73ClN10O7S. The molecule has 5 atom stereocenters. The zero-order valence-electron chi connectivity index (χ0n) is 44.4. The first kappa shape index (κ1) is 55.5. The molecule has 17 nitrogen and oxygen atoms in total. The normalized spacial score (nSPS) is 23.4. The number of likely N-dealkylation sites (tertiary alicyclic amines) is 1. The third-order valence-electron chi connectivity index (χ3n) is 15.8. The quantitative estimate of drug-likeness (QED) is 0.0843. The Hall–Kier alpha value is -5.68. The third-order valence-corrected chi connectivity index (χ3v) is 17.1. The van der Waals surface area contributed by atoms with E-state index in [-0.39, 0.29) is 60.9 Å². The number of thiazole rings is 1. The average molecular weight is 1070 g/mol. The standard InChI is InChI=1S/C56H73ClN10O7S/c1-34-47(75-33-60-34)37-11-9-36(10-12-37)43(32-68)61-50(72)44-25-40(69)30-67(44)51(73)48(54(2,3)4)62-46(70)31-65-23-21-64(22-24-65)19-17-35-18-20-66(29-35)45-16-14-39(28-59-45)49(71)63-52-55(5,6)53(56(52,7)8)74-41-15-13-38(27-58)42(57)26-41/h9-16,26,28,33,35,40,43-44,48,52-53,68-69H,17-25,29-32H2,1-8H3,(H,61,72)(H,62,70)(H,63,71)/t35?,40-,43?,44+,48?,52-,53-/m1/s1. The van der Waals surface area contributed by atoms with Crippen LogP contribution in [0.25, 0.3) is 10.4 Å². The molecule has 3 saturated heterocycles. The van der Waals surface area contributed by atoms with Crippen LogP contribution in [0.5, 0.6) is 5.75 Å². The van der Waals surface area contributed by atoms with E-state index >= 15 is 0 Å². The van der Waals surface area contributed by atoms with Gasteiger partial charge in [0.2, 0.25) is 17.7 Å². The largest absolute Gasteiger partial charge is 0.489 e. The van der Waals surface area contributed by atoms with Gasteiger partial charge in [0.1, 0.15) is 35.8 Å². The molecule has 1 saturated carbocycles. The van der Waals surface area contributed by atoms with E-state index in [1.54, 1.807) is 29.9 Å². The van der Waals surface area contributed by atoms with E-state index in [2.05, 4.69) is 69.4 Å². The van der Waals surface area contributed by atoms with Crippen LogP contribution in [0.1, 0.15) is 101 Å². The van der Waals surface area contributed by atoms with Crippen molar-refractivity contribution < 1.29 is 34.1 Å². The van der Waals surface area contributed by atoms with Gasteiger partial charge in [0, 0.05) is 81.4 Å². The highest BCUT2D eigenvalue weighted by Crippen LogP contribution is 2.55. The maximum Gasteiger partial charge on any atom is 0.253 e. The van der Waals surface area contributed by atoms with Crippen LogP contribution in [0.3, 0.4) is 0 Å². The SMILES string of the molecule is Cc1ncsc1-c1ccc(C(CO)NC(=O)[C@@H]2C[C@@H](O)CN2C(=O)C(NC(=O)CN2CCN(CCC3CCN(c4ccc(C(=O)N[C@H]5C(C)(C)[C@H](Oc6ccc(C#N)c(Cl)c6)C5(C)C)cn4)C3)CC2)C(C)(C)C)cc1. The first-order valence-electron chi connectivity index (χ1n) is 26.1. The summed E-state index contributed by atoms with van der Waals surface area (Å²) in [7, 11) is 0. The Kier molecular flexibility index (Phi) is 16.9. The summed E-state index contributed by atoms with van der Waals surface area (Å²) in [5, 5.41) is 39.8. The van der Waals surface area contributed by atoms with Gasteiger partial charge in [-0.2, -0.15) is 5.26 Å². The second-order valence-corrected chi connectivity index (χ2v) is 24.4. The lowest BCUT2D eigenvalue weighted by atomic mass is 9.49. The number of nitrogens with zero attached hydrogens (tertiary/aromatic N) is 7. The van der Waals surface area contributed by atoms with Gasteiger partial charge < -0.3 is 45.6 Å². The highest BCUT2D eigenvalue weighted by Gasteiger charge is 2.64. The first-order chi connectivity index (χ1) is 35.6. The van der Waals surface area contributed by atoms with Gasteiger partial charge >= 0.3 is 0 Å². The zero-order chi connectivity index (χ0) is 54.0. The van der Waals surface area contributed by atoms with Crippen LogP contribution in [-0.4, -0.2) is 154 Å². The van der Waals surface area contributed by atoms with E-state index < -0.39 is 41.5 Å². The number of nitrogens with one attached hydrogen (secondary N) is 3. The highest BCUT2D eigenvalue weighted by atomic mass is 35.5. The molecule has 4 aliphatic rings. The van der Waals surface area contributed by atoms with Crippen molar-refractivity contribution in [3.8, 4) is 22.3 Å². The summed E-state index contributed by atoms with van der Waals surface area (Å²) in [6.07, 6.45) is 2.66. The molecule has 4 fully saturated rings. The number of pyridine rings is 1. The maximum absolute atomic E-state index is 14.3. The fraction of sp³-hybridized carbons (Fsp3) is 0.554. The minimum atomic E-state index is -0.980. The van der Waals surface area contributed by atoms with Crippen LogP contribution in [0, 0.1) is 40.4 Å². The Balaban J connectivity index is 0.761. The van der Waals surface area contributed by atoms with Crippen molar-refractivity contribution in [3.05, 3.63) is 93.7 Å². The van der Waals surface area contributed by atoms with Crippen LogP contribution >= 0.6 is 22.9 Å². The molecule has 1 aliphatic carbocycles. The van der Waals surface area contributed by atoms with Crippen LogP contribution in [0.2, 0.25) is 5.02 Å². The molecular weight excluding hydrogens is 992 g/mol. The molecule has 3 aliphatic heterocycles. The van der Waals surface area contributed by atoms with E-state index in [1.165, 1.54) is 16.2 Å². The second-order valence-electron chi connectivity index (χ2n) is 23.1. The molecule has 3 unspecified atom stereocenters. The molecule has 0 radical (unpaired) electrons. The number of rotatable bonds is 17. The van der Waals surface area contributed by atoms with E-state index in [0.717, 1.165) is 67.5 Å². The minimum absolute atomic E-state index is 0.0407. The van der Waals surface area contributed by atoms with Crippen molar-refractivity contribution in [2.24, 2.45) is 22.2 Å². The van der Waals surface area contributed by atoms with Gasteiger partial charge in [-0.1, -0.05) is 84.3 Å². The lowest BCUT2D eigenvalue weighted by Crippen LogP contribution is -2.74. The van der Waals surface area contributed by atoms with Crippen molar-refractivity contribution in [2.75, 3.05) is 70.4 Å². The van der Waals surface area contributed by atoms with E-state index in [4.69, 9.17) is 21.3 Å². The number of β-amino-alcohol motifs (C(OH)–C–C–N with tert-alkyl or cyclic N) is 1. The van der Waals surface area contributed by atoms with Crippen molar-refractivity contribution in [2.45, 2.75) is 111 Å². The summed E-state index contributed by atoms with van der Waals surface area (Å²) >= 11 is 7.81. The Labute approximate surface area is 450 Å². The molecule has 8 rings (SSSR count). The molecule has 5 N–H and O–H groups in total. The summed E-state index contributed by atoms with van der Waals surface area (Å²) < 4.78 is 6.39. The smallest absolute Gasteiger partial charge is 0.253 e. The number of aryl methyl sites for hydroxylation is 1. The number of ether oxygens (including phenoxy) is 1. The van der Waals surface area contributed by atoms with Gasteiger partial charge in [-0.3, -0.25) is 24.1 Å². The predicted octanol–water partition coefficient (Wildman–Crippen LogP) is 5.83. The molecule has 2 aromatic carbocycles. The van der Waals surface area contributed by atoms with Gasteiger partial charge in [0.25, 0.3) is 5.91 Å². The number of aliphatic hydroxyl groups is 2. The molecule has 402 valence electrons. The van der Waals surface area contributed by atoms with Crippen molar-refractivity contribution >= 4 is 52.4 Å².